The summed E-state index contributed by atoms with van der Waals surface area (Å²) in [4.78, 5) is 3.84. The first-order valence-corrected chi connectivity index (χ1v) is 3.81. The van der Waals surface area contributed by atoms with Crippen LogP contribution in [0, 0.1) is 0 Å². The van der Waals surface area contributed by atoms with E-state index in [2.05, 4.69) is 10.3 Å². The number of hydrogen-bond acceptors (Lipinski definition) is 4. The van der Waals surface area contributed by atoms with Crippen LogP contribution in [0.4, 0.5) is 11.4 Å². The van der Waals surface area contributed by atoms with E-state index >= 15 is 0 Å². The number of nitrogens with zero attached hydrogens (tertiary/aromatic N) is 1. The summed E-state index contributed by atoms with van der Waals surface area (Å²) in [6.07, 6.45) is 2.85. The summed E-state index contributed by atoms with van der Waals surface area (Å²) in [5, 5.41) is 12.0. The summed E-state index contributed by atoms with van der Waals surface area (Å²) >= 11 is 0. The van der Waals surface area contributed by atoms with Gasteiger partial charge in [0.25, 0.3) is 0 Å². The van der Waals surface area contributed by atoms with E-state index in [0.717, 1.165) is 5.69 Å². The van der Waals surface area contributed by atoms with Crippen molar-refractivity contribution in [1.29, 1.82) is 0 Å². The van der Waals surface area contributed by atoms with Crippen molar-refractivity contribution in [1.82, 2.24) is 4.98 Å². The van der Waals surface area contributed by atoms with Crippen LogP contribution in [-0.4, -0.2) is 22.7 Å². The molecule has 1 aromatic heterocycles. The fourth-order valence-corrected chi connectivity index (χ4v) is 0.825. The van der Waals surface area contributed by atoms with Gasteiger partial charge in [-0.2, -0.15) is 0 Å². The third-order valence-corrected chi connectivity index (χ3v) is 1.44. The van der Waals surface area contributed by atoms with Crippen LogP contribution >= 0.6 is 0 Å². The van der Waals surface area contributed by atoms with E-state index in [1.54, 1.807) is 25.4 Å². The lowest BCUT2D eigenvalue weighted by molar-refractivity contribution is 0.208. The normalized spacial score (nSPS) is 12.5. The summed E-state index contributed by atoms with van der Waals surface area (Å²) < 4.78 is 0. The monoisotopic (exact) mass is 167 g/mol. The topological polar surface area (TPSA) is 71.2 Å². The van der Waals surface area contributed by atoms with E-state index in [4.69, 9.17) is 10.8 Å². The van der Waals surface area contributed by atoms with Crippen molar-refractivity contribution in [2.45, 2.75) is 13.0 Å². The Labute approximate surface area is 71.4 Å². The number of hydrogen-bond donors (Lipinski definition) is 3. The maximum absolute atomic E-state index is 8.99. The number of rotatable bonds is 3. The van der Waals surface area contributed by atoms with Crippen LogP contribution in [0.1, 0.15) is 6.92 Å². The lowest BCUT2D eigenvalue weighted by atomic mass is 10.3. The van der Waals surface area contributed by atoms with Gasteiger partial charge in [0.2, 0.25) is 0 Å². The maximum Gasteiger partial charge on any atom is 0.0736 e. The third kappa shape index (κ3) is 2.39. The molecular weight excluding hydrogens is 154 g/mol. The average Bonchev–Trinajstić information content (AvgIpc) is 2.03. The lowest BCUT2D eigenvalue weighted by Crippen LogP contribution is -2.16. The predicted molar refractivity (Wildman–Crippen MR) is 48.8 cm³/mol. The number of aromatic nitrogens is 1. The minimum atomic E-state index is -0.377. The van der Waals surface area contributed by atoms with Gasteiger partial charge < -0.3 is 16.2 Å². The van der Waals surface area contributed by atoms with Gasteiger partial charge in [0, 0.05) is 12.7 Å². The zero-order valence-electron chi connectivity index (χ0n) is 6.99. The summed E-state index contributed by atoms with van der Waals surface area (Å²) in [7, 11) is 0. The van der Waals surface area contributed by atoms with Crippen LogP contribution in [0.3, 0.4) is 0 Å². The van der Waals surface area contributed by atoms with Crippen molar-refractivity contribution in [3.05, 3.63) is 18.5 Å². The summed E-state index contributed by atoms with van der Waals surface area (Å²) in [5.41, 5.74) is 7.01. The molecule has 0 aromatic carbocycles. The molecule has 1 rings (SSSR count). The van der Waals surface area contributed by atoms with Gasteiger partial charge in [-0.05, 0) is 13.0 Å². The van der Waals surface area contributed by atoms with E-state index in [9.17, 15) is 0 Å². The molecule has 1 heterocycles. The fourth-order valence-electron chi connectivity index (χ4n) is 0.825. The largest absolute Gasteiger partial charge is 0.396 e. The quantitative estimate of drug-likeness (QED) is 0.611. The third-order valence-electron chi connectivity index (χ3n) is 1.44. The zero-order chi connectivity index (χ0) is 8.97. The molecular formula is C8H13N3O. The Kier molecular flexibility index (Phi) is 2.88. The van der Waals surface area contributed by atoms with Crippen molar-refractivity contribution in [2.75, 3.05) is 17.6 Å². The van der Waals surface area contributed by atoms with Gasteiger partial charge in [0.05, 0.1) is 23.7 Å². The Balaban J connectivity index is 2.57. The van der Waals surface area contributed by atoms with E-state index in [1.807, 2.05) is 0 Å². The van der Waals surface area contributed by atoms with E-state index < -0.39 is 0 Å². The van der Waals surface area contributed by atoms with Crippen LogP contribution in [0.25, 0.3) is 0 Å². The molecule has 1 atom stereocenters. The minimum Gasteiger partial charge on any atom is -0.396 e. The molecule has 0 saturated heterocycles. The first-order valence-electron chi connectivity index (χ1n) is 3.81. The number of aliphatic hydroxyl groups excluding tert-OH is 1. The highest BCUT2D eigenvalue weighted by Crippen LogP contribution is 2.14. The number of aliphatic hydroxyl groups is 1. The van der Waals surface area contributed by atoms with Gasteiger partial charge in [-0.15, -0.1) is 0 Å². The minimum absolute atomic E-state index is 0.377. The molecule has 12 heavy (non-hydrogen) atoms. The van der Waals surface area contributed by atoms with Crippen molar-refractivity contribution < 1.29 is 5.11 Å². The molecule has 4 nitrogen and oxygen atoms in total. The molecule has 66 valence electrons. The van der Waals surface area contributed by atoms with Gasteiger partial charge >= 0.3 is 0 Å². The van der Waals surface area contributed by atoms with Gasteiger partial charge in [0.15, 0.2) is 0 Å². The molecule has 0 saturated carbocycles. The second-order valence-electron chi connectivity index (χ2n) is 2.69. The SMILES string of the molecule is CC(O)CNc1ccncc1N. The van der Waals surface area contributed by atoms with E-state index in [-0.39, 0.29) is 6.10 Å². The van der Waals surface area contributed by atoms with Crippen LogP contribution in [0.15, 0.2) is 18.5 Å². The number of pyridine rings is 1. The number of nitrogens with one attached hydrogen (secondary N) is 1. The van der Waals surface area contributed by atoms with Crippen molar-refractivity contribution in [2.24, 2.45) is 0 Å². The molecule has 0 fully saturated rings. The molecule has 0 aliphatic rings. The van der Waals surface area contributed by atoms with Gasteiger partial charge in [-0.3, -0.25) is 4.98 Å². The molecule has 0 amide bonds. The molecule has 4 heteroatoms. The highest BCUT2D eigenvalue weighted by Gasteiger charge is 1.98. The molecule has 1 unspecified atom stereocenters. The molecule has 0 bridgehead atoms. The summed E-state index contributed by atoms with van der Waals surface area (Å²) in [6, 6.07) is 1.78. The molecule has 0 aliphatic heterocycles. The van der Waals surface area contributed by atoms with Crippen LogP contribution in [0.2, 0.25) is 0 Å². The second-order valence-corrected chi connectivity index (χ2v) is 2.69. The molecule has 0 spiro atoms. The number of nitrogens with two attached hydrogens (primary N) is 1. The smallest absolute Gasteiger partial charge is 0.0736 e. The van der Waals surface area contributed by atoms with Crippen molar-refractivity contribution in [3.8, 4) is 0 Å². The van der Waals surface area contributed by atoms with Gasteiger partial charge in [0.1, 0.15) is 0 Å². The van der Waals surface area contributed by atoms with Crippen molar-refractivity contribution >= 4 is 11.4 Å². The Morgan fingerprint density at radius 2 is 2.50 bits per heavy atom. The van der Waals surface area contributed by atoms with Crippen molar-refractivity contribution in [3.63, 3.8) is 0 Å². The lowest BCUT2D eigenvalue weighted by Gasteiger charge is -2.09. The van der Waals surface area contributed by atoms with Crippen LogP contribution < -0.4 is 11.1 Å². The summed E-state index contributed by atoms with van der Waals surface area (Å²) in [5.74, 6) is 0. The van der Waals surface area contributed by atoms with E-state index in [0.29, 0.717) is 12.2 Å². The highest BCUT2D eigenvalue weighted by atomic mass is 16.3. The van der Waals surface area contributed by atoms with Gasteiger partial charge in [-0.1, -0.05) is 0 Å². The average molecular weight is 167 g/mol. The number of anilines is 2. The van der Waals surface area contributed by atoms with Crippen LogP contribution in [-0.2, 0) is 0 Å². The summed E-state index contributed by atoms with van der Waals surface area (Å²) in [6.45, 7) is 2.21. The Morgan fingerprint density at radius 1 is 1.75 bits per heavy atom. The Bertz CT molecular complexity index is 250. The molecule has 4 N–H and O–H groups in total. The predicted octanol–water partition coefficient (Wildman–Crippen LogP) is 0.457. The van der Waals surface area contributed by atoms with Crippen LogP contribution in [0.5, 0.6) is 0 Å². The molecule has 0 aliphatic carbocycles. The van der Waals surface area contributed by atoms with E-state index in [1.165, 1.54) is 0 Å². The Hall–Kier alpha value is -1.29. The molecule has 0 radical (unpaired) electrons. The first-order chi connectivity index (χ1) is 5.70. The second kappa shape index (κ2) is 3.92. The Morgan fingerprint density at radius 3 is 3.08 bits per heavy atom. The maximum atomic E-state index is 8.99. The zero-order valence-corrected chi connectivity index (χ0v) is 6.99. The fraction of sp³-hybridized carbons (Fsp3) is 0.375. The van der Waals surface area contributed by atoms with Gasteiger partial charge in [-0.25, -0.2) is 0 Å². The number of nitrogen functional groups attached to an aromatic ring is 1. The first kappa shape index (κ1) is 8.80. The molecule has 1 aromatic rings. The standard InChI is InChI=1S/C8H13N3O/c1-6(12)4-11-8-2-3-10-5-7(8)9/h2-3,5-6,12H,4,9H2,1H3,(H,10,11). The highest BCUT2D eigenvalue weighted by molar-refractivity contribution is 5.64.